The minimum atomic E-state index is -0.281. The molecule has 15 heavy (non-hydrogen) atoms. The molecular weight excluding hydrogens is 214 g/mol. The zero-order valence-electron chi connectivity index (χ0n) is 8.84. The summed E-state index contributed by atoms with van der Waals surface area (Å²) in [5, 5.41) is 3.57. The van der Waals surface area contributed by atoms with E-state index in [2.05, 4.69) is 5.32 Å². The molecule has 3 nitrogen and oxygen atoms in total. The van der Waals surface area contributed by atoms with E-state index in [1.807, 2.05) is 19.1 Å². The van der Waals surface area contributed by atoms with Crippen LogP contribution in [0.25, 0.3) is 0 Å². The number of para-hydroxylation sites is 1. The van der Waals surface area contributed by atoms with Crippen LogP contribution in [0.4, 0.5) is 5.69 Å². The van der Waals surface area contributed by atoms with Crippen molar-refractivity contribution in [3.8, 4) is 0 Å². The lowest BCUT2D eigenvalue weighted by Gasteiger charge is -2.10. The fraction of sp³-hybridized carbons (Fsp3) is 0.364. The Balaban J connectivity index is 2.61. The van der Waals surface area contributed by atoms with E-state index in [1.54, 1.807) is 13.0 Å². The molecular formula is C11H14ClNO2. The summed E-state index contributed by atoms with van der Waals surface area (Å²) in [6, 6.07) is 5.58. The maximum Gasteiger partial charge on any atom is 0.325 e. The molecule has 4 heteroatoms. The fourth-order valence-corrected chi connectivity index (χ4v) is 1.52. The third-order valence-corrected chi connectivity index (χ3v) is 2.25. The molecule has 82 valence electrons. The largest absolute Gasteiger partial charge is 0.465 e. The monoisotopic (exact) mass is 227 g/mol. The third-order valence-electron chi connectivity index (χ3n) is 1.94. The van der Waals surface area contributed by atoms with Gasteiger partial charge in [0.05, 0.1) is 17.3 Å². The maximum absolute atomic E-state index is 11.1. The lowest BCUT2D eigenvalue weighted by atomic mass is 10.2. The number of hydrogen-bond acceptors (Lipinski definition) is 3. The fourth-order valence-electron chi connectivity index (χ4n) is 1.23. The Morgan fingerprint density at radius 2 is 2.27 bits per heavy atom. The standard InChI is InChI=1S/C11H14ClNO2/c1-3-15-10(14)7-13-11-8(2)5-4-6-9(11)12/h4-6,13H,3,7H2,1-2H3. The van der Waals surface area contributed by atoms with Crippen molar-refractivity contribution in [2.45, 2.75) is 13.8 Å². The Hall–Kier alpha value is -1.22. The first-order valence-corrected chi connectivity index (χ1v) is 5.17. The molecule has 1 rings (SSSR count). The molecule has 0 saturated carbocycles. The van der Waals surface area contributed by atoms with Gasteiger partial charge in [0.1, 0.15) is 6.54 Å². The molecule has 0 aliphatic rings. The van der Waals surface area contributed by atoms with E-state index < -0.39 is 0 Å². The van der Waals surface area contributed by atoms with Crippen molar-refractivity contribution in [2.75, 3.05) is 18.5 Å². The molecule has 0 atom stereocenters. The highest BCUT2D eigenvalue weighted by Crippen LogP contribution is 2.24. The first-order chi connectivity index (χ1) is 7.15. The summed E-state index contributed by atoms with van der Waals surface area (Å²) in [6.07, 6.45) is 0. The number of hydrogen-bond donors (Lipinski definition) is 1. The van der Waals surface area contributed by atoms with Gasteiger partial charge in [-0.3, -0.25) is 4.79 Å². The van der Waals surface area contributed by atoms with Crippen molar-refractivity contribution in [3.63, 3.8) is 0 Å². The molecule has 0 aliphatic heterocycles. The Kier molecular flexibility index (Phi) is 4.43. The first-order valence-electron chi connectivity index (χ1n) is 4.79. The van der Waals surface area contributed by atoms with Crippen molar-refractivity contribution < 1.29 is 9.53 Å². The number of esters is 1. The van der Waals surface area contributed by atoms with Gasteiger partial charge in [0.25, 0.3) is 0 Å². The van der Waals surface area contributed by atoms with Gasteiger partial charge in [-0.1, -0.05) is 23.7 Å². The summed E-state index contributed by atoms with van der Waals surface area (Å²) >= 11 is 5.98. The van der Waals surface area contributed by atoms with E-state index in [4.69, 9.17) is 16.3 Å². The summed E-state index contributed by atoms with van der Waals surface area (Å²) in [5.74, 6) is -0.281. The molecule has 0 radical (unpaired) electrons. The molecule has 0 amide bonds. The average Bonchev–Trinajstić information content (AvgIpc) is 2.17. The molecule has 0 heterocycles. The summed E-state index contributed by atoms with van der Waals surface area (Å²) in [7, 11) is 0. The van der Waals surface area contributed by atoms with Gasteiger partial charge in [-0.05, 0) is 25.5 Å². The molecule has 0 fully saturated rings. The van der Waals surface area contributed by atoms with E-state index in [9.17, 15) is 4.79 Å². The Bertz CT molecular complexity index is 332. The number of rotatable bonds is 4. The molecule has 1 aromatic rings. The maximum atomic E-state index is 11.1. The highest BCUT2D eigenvalue weighted by Gasteiger charge is 2.06. The molecule has 0 aromatic heterocycles. The molecule has 0 unspecified atom stereocenters. The van der Waals surface area contributed by atoms with Gasteiger partial charge < -0.3 is 10.1 Å². The predicted molar refractivity (Wildman–Crippen MR) is 61.3 cm³/mol. The summed E-state index contributed by atoms with van der Waals surface area (Å²) in [4.78, 5) is 11.1. The molecule has 0 spiro atoms. The minimum Gasteiger partial charge on any atom is -0.465 e. The predicted octanol–water partition coefficient (Wildman–Crippen LogP) is 2.62. The van der Waals surface area contributed by atoms with E-state index in [0.717, 1.165) is 11.3 Å². The van der Waals surface area contributed by atoms with Crippen LogP contribution >= 0.6 is 11.6 Å². The number of nitrogens with one attached hydrogen (secondary N) is 1. The van der Waals surface area contributed by atoms with Gasteiger partial charge in [-0.2, -0.15) is 0 Å². The minimum absolute atomic E-state index is 0.137. The van der Waals surface area contributed by atoms with Gasteiger partial charge in [0.2, 0.25) is 0 Å². The van der Waals surface area contributed by atoms with Crippen LogP contribution in [0.2, 0.25) is 5.02 Å². The summed E-state index contributed by atoms with van der Waals surface area (Å²) < 4.78 is 4.80. The van der Waals surface area contributed by atoms with Crippen molar-refractivity contribution in [1.29, 1.82) is 0 Å². The molecule has 1 N–H and O–H groups in total. The number of carbonyl (C=O) groups is 1. The first kappa shape index (κ1) is 11.9. The molecule has 0 bridgehead atoms. The van der Waals surface area contributed by atoms with Crippen molar-refractivity contribution in [1.82, 2.24) is 0 Å². The van der Waals surface area contributed by atoms with Gasteiger partial charge >= 0.3 is 5.97 Å². The van der Waals surface area contributed by atoms with Crippen LogP contribution in [0, 0.1) is 6.92 Å². The SMILES string of the molecule is CCOC(=O)CNc1c(C)cccc1Cl. The van der Waals surface area contributed by atoms with Gasteiger partial charge in [-0.25, -0.2) is 0 Å². The van der Waals surface area contributed by atoms with Crippen molar-refractivity contribution >= 4 is 23.3 Å². The quantitative estimate of drug-likeness (QED) is 0.804. The van der Waals surface area contributed by atoms with Crippen LogP contribution in [0.3, 0.4) is 0 Å². The van der Waals surface area contributed by atoms with E-state index in [0.29, 0.717) is 11.6 Å². The van der Waals surface area contributed by atoms with Crippen LogP contribution in [0.15, 0.2) is 18.2 Å². The van der Waals surface area contributed by atoms with Crippen LogP contribution in [-0.4, -0.2) is 19.1 Å². The third kappa shape index (κ3) is 3.44. The Labute approximate surface area is 94.4 Å². The number of halogens is 1. The van der Waals surface area contributed by atoms with E-state index in [-0.39, 0.29) is 12.5 Å². The summed E-state index contributed by atoms with van der Waals surface area (Å²) in [6.45, 7) is 4.23. The van der Waals surface area contributed by atoms with Crippen molar-refractivity contribution in [2.24, 2.45) is 0 Å². The molecule has 0 aliphatic carbocycles. The molecule has 0 saturated heterocycles. The summed E-state index contributed by atoms with van der Waals surface area (Å²) in [5.41, 5.74) is 1.79. The van der Waals surface area contributed by atoms with Gasteiger partial charge in [0, 0.05) is 0 Å². The topological polar surface area (TPSA) is 38.3 Å². The number of anilines is 1. The zero-order valence-corrected chi connectivity index (χ0v) is 9.60. The second-order valence-electron chi connectivity index (χ2n) is 3.09. The highest BCUT2D eigenvalue weighted by molar-refractivity contribution is 6.33. The van der Waals surface area contributed by atoms with Crippen molar-refractivity contribution in [3.05, 3.63) is 28.8 Å². The molecule has 1 aromatic carbocycles. The Morgan fingerprint density at radius 1 is 1.53 bits per heavy atom. The second kappa shape index (κ2) is 5.61. The normalized spacial score (nSPS) is 9.80. The van der Waals surface area contributed by atoms with Crippen LogP contribution in [0.1, 0.15) is 12.5 Å². The van der Waals surface area contributed by atoms with E-state index in [1.165, 1.54) is 0 Å². The average molecular weight is 228 g/mol. The van der Waals surface area contributed by atoms with Gasteiger partial charge in [0.15, 0.2) is 0 Å². The zero-order chi connectivity index (χ0) is 11.3. The smallest absolute Gasteiger partial charge is 0.325 e. The van der Waals surface area contributed by atoms with Crippen LogP contribution < -0.4 is 5.32 Å². The second-order valence-corrected chi connectivity index (χ2v) is 3.50. The lowest BCUT2D eigenvalue weighted by molar-refractivity contribution is -0.140. The number of aryl methyl sites for hydroxylation is 1. The number of ether oxygens (including phenoxy) is 1. The van der Waals surface area contributed by atoms with Crippen LogP contribution in [-0.2, 0) is 9.53 Å². The lowest BCUT2D eigenvalue weighted by Crippen LogP contribution is -2.17. The number of carbonyl (C=O) groups excluding carboxylic acids is 1. The Morgan fingerprint density at radius 3 is 2.87 bits per heavy atom. The van der Waals surface area contributed by atoms with Gasteiger partial charge in [-0.15, -0.1) is 0 Å². The van der Waals surface area contributed by atoms with Crippen LogP contribution in [0.5, 0.6) is 0 Å². The number of benzene rings is 1. The highest BCUT2D eigenvalue weighted by atomic mass is 35.5. The van der Waals surface area contributed by atoms with E-state index >= 15 is 0 Å².